The van der Waals surface area contributed by atoms with E-state index < -0.39 is 0 Å². The lowest BCUT2D eigenvalue weighted by Gasteiger charge is -2.58. The van der Waals surface area contributed by atoms with E-state index in [1.165, 1.54) is 45.1 Å². The Morgan fingerprint density at radius 2 is 2.05 bits per heavy atom. The van der Waals surface area contributed by atoms with Crippen LogP contribution in [-0.4, -0.2) is 25.8 Å². The van der Waals surface area contributed by atoms with E-state index in [0.717, 1.165) is 19.3 Å². The lowest BCUT2D eigenvalue weighted by molar-refractivity contribution is -0.0727. The van der Waals surface area contributed by atoms with Crippen LogP contribution in [0.1, 0.15) is 43.4 Å². The van der Waals surface area contributed by atoms with Gasteiger partial charge in [-0.25, -0.2) is 0 Å². The third-order valence-electron chi connectivity index (χ3n) is 5.33. The molecule has 1 saturated heterocycles. The van der Waals surface area contributed by atoms with E-state index in [-0.39, 0.29) is 0 Å². The highest BCUT2D eigenvalue weighted by Gasteiger charge is 2.55. The number of nitrogens with one attached hydrogen (secondary N) is 1. The molecule has 3 aliphatic rings. The smallest absolute Gasteiger partial charge is 0.0471 e. The molecule has 2 aliphatic carbocycles. The highest BCUT2D eigenvalue weighted by molar-refractivity contribution is 7.10. The maximum atomic E-state index is 5.55. The molecule has 1 spiro atoms. The Bertz CT molecular complexity index is 424. The third-order valence-corrected chi connectivity index (χ3v) is 6.45. The molecule has 19 heavy (non-hydrogen) atoms. The van der Waals surface area contributed by atoms with E-state index in [2.05, 4.69) is 22.8 Å². The molecule has 0 atom stereocenters. The summed E-state index contributed by atoms with van der Waals surface area (Å²) in [4.78, 5) is 1.61. The van der Waals surface area contributed by atoms with E-state index in [0.29, 0.717) is 10.8 Å². The van der Waals surface area contributed by atoms with Crippen molar-refractivity contribution in [1.82, 2.24) is 5.32 Å². The molecule has 1 aromatic heterocycles. The topological polar surface area (TPSA) is 21.3 Å². The van der Waals surface area contributed by atoms with Gasteiger partial charge in [-0.1, -0.05) is 6.07 Å². The average molecular weight is 277 g/mol. The van der Waals surface area contributed by atoms with Gasteiger partial charge >= 0.3 is 0 Å². The first-order valence-corrected chi connectivity index (χ1v) is 8.54. The monoisotopic (exact) mass is 277 g/mol. The first-order chi connectivity index (χ1) is 9.30. The third kappa shape index (κ3) is 2.26. The van der Waals surface area contributed by atoms with Gasteiger partial charge in [-0.05, 0) is 55.4 Å². The van der Waals surface area contributed by atoms with Crippen LogP contribution in [0.15, 0.2) is 17.5 Å². The zero-order valence-corrected chi connectivity index (χ0v) is 12.3. The van der Waals surface area contributed by atoms with E-state index in [9.17, 15) is 0 Å². The summed E-state index contributed by atoms with van der Waals surface area (Å²) in [7, 11) is 0. The molecule has 0 amide bonds. The fraction of sp³-hybridized carbons (Fsp3) is 0.750. The lowest BCUT2D eigenvalue weighted by Crippen LogP contribution is -2.56. The molecule has 1 N–H and O–H groups in total. The van der Waals surface area contributed by atoms with Crippen molar-refractivity contribution >= 4 is 11.3 Å². The lowest BCUT2D eigenvalue weighted by atomic mass is 9.49. The molecule has 0 aromatic carbocycles. The summed E-state index contributed by atoms with van der Waals surface area (Å²) in [5.41, 5.74) is 1.04. The zero-order chi connectivity index (χ0) is 12.8. The largest absolute Gasteiger partial charge is 0.381 e. The fourth-order valence-corrected chi connectivity index (χ4v) is 5.06. The second-order valence-corrected chi connectivity index (χ2v) is 7.83. The van der Waals surface area contributed by atoms with Gasteiger partial charge in [0.05, 0.1) is 0 Å². The van der Waals surface area contributed by atoms with Crippen molar-refractivity contribution in [2.24, 2.45) is 5.41 Å². The Kier molecular flexibility index (Phi) is 2.98. The minimum Gasteiger partial charge on any atom is -0.381 e. The summed E-state index contributed by atoms with van der Waals surface area (Å²) in [5.74, 6) is 0. The Balaban J connectivity index is 1.50. The zero-order valence-electron chi connectivity index (χ0n) is 11.5. The molecule has 3 fully saturated rings. The molecule has 0 radical (unpaired) electrons. The van der Waals surface area contributed by atoms with Crippen molar-refractivity contribution in [3.05, 3.63) is 22.4 Å². The molecular weight excluding hydrogens is 254 g/mol. The first-order valence-electron chi connectivity index (χ1n) is 7.66. The second kappa shape index (κ2) is 4.57. The average Bonchev–Trinajstić information content (AvgIpc) is 3.06. The van der Waals surface area contributed by atoms with Gasteiger partial charge < -0.3 is 10.1 Å². The van der Waals surface area contributed by atoms with Gasteiger partial charge in [0.1, 0.15) is 0 Å². The number of thiophene rings is 1. The van der Waals surface area contributed by atoms with Gasteiger partial charge in [-0.15, -0.1) is 11.3 Å². The number of hydrogen-bond donors (Lipinski definition) is 1. The van der Waals surface area contributed by atoms with Crippen LogP contribution in [0.2, 0.25) is 0 Å². The maximum absolute atomic E-state index is 5.55. The molecule has 1 aromatic rings. The van der Waals surface area contributed by atoms with Gasteiger partial charge in [0, 0.05) is 36.1 Å². The fourth-order valence-electron chi connectivity index (χ4n) is 4.14. The summed E-state index contributed by atoms with van der Waals surface area (Å²) in [6, 6.07) is 5.39. The van der Waals surface area contributed by atoms with Crippen LogP contribution in [0.25, 0.3) is 0 Å². The number of rotatable bonds is 4. The van der Waals surface area contributed by atoms with Crippen LogP contribution in [-0.2, 0) is 10.2 Å². The summed E-state index contributed by atoms with van der Waals surface area (Å²) >= 11 is 1.95. The summed E-state index contributed by atoms with van der Waals surface area (Å²) < 4.78 is 5.55. The minimum absolute atomic E-state index is 0.439. The molecule has 2 saturated carbocycles. The molecule has 0 unspecified atom stereocenters. The molecule has 4 rings (SSSR count). The van der Waals surface area contributed by atoms with Crippen molar-refractivity contribution in [2.45, 2.75) is 50.0 Å². The van der Waals surface area contributed by atoms with Crippen LogP contribution in [0, 0.1) is 5.41 Å². The molecular formula is C16H23NOS. The minimum atomic E-state index is 0.439. The Labute approximate surface area is 119 Å². The summed E-state index contributed by atoms with van der Waals surface area (Å²) in [6.45, 7) is 3.16. The van der Waals surface area contributed by atoms with E-state index in [4.69, 9.17) is 4.74 Å². The van der Waals surface area contributed by atoms with Gasteiger partial charge in [-0.2, -0.15) is 0 Å². The Morgan fingerprint density at radius 1 is 1.26 bits per heavy atom. The molecule has 2 heterocycles. The van der Waals surface area contributed by atoms with Gasteiger partial charge in [-0.3, -0.25) is 0 Å². The van der Waals surface area contributed by atoms with Crippen LogP contribution in [0.3, 0.4) is 0 Å². The molecule has 0 bridgehead atoms. The van der Waals surface area contributed by atoms with Crippen LogP contribution in [0.5, 0.6) is 0 Å². The molecule has 3 heteroatoms. The van der Waals surface area contributed by atoms with Gasteiger partial charge in [0.15, 0.2) is 0 Å². The normalized spacial score (nSPS) is 28.2. The van der Waals surface area contributed by atoms with Gasteiger partial charge in [0.25, 0.3) is 0 Å². The van der Waals surface area contributed by atoms with E-state index in [1.54, 1.807) is 4.88 Å². The quantitative estimate of drug-likeness (QED) is 0.911. The molecule has 1 aliphatic heterocycles. The van der Waals surface area contributed by atoms with E-state index in [1.807, 2.05) is 11.3 Å². The standard InChI is InChI=1S/C16H23NOS/c1-2-14(19-9-1)16(12-17-13-3-4-13)10-15(11-16)5-7-18-8-6-15/h1-2,9,13,17H,3-8,10-12H2. The van der Waals surface area contributed by atoms with Crippen LogP contribution >= 0.6 is 11.3 Å². The number of hydrogen-bond acceptors (Lipinski definition) is 3. The summed E-state index contributed by atoms with van der Waals surface area (Å²) in [5, 5.41) is 6.02. The summed E-state index contributed by atoms with van der Waals surface area (Å²) in [6.07, 6.45) is 8.10. The molecule has 104 valence electrons. The molecule has 2 nitrogen and oxygen atoms in total. The maximum Gasteiger partial charge on any atom is 0.0471 e. The predicted octanol–water partition coefficient (Wildman–Crippen LogP) is 3.33. The van der Waals surface area contributed by atoms with E-state index >= 15 is 0 Å². The first kappa shape index (κ1) is 12.4. The van der Waals surface area contributed by atoms with Crippen molar-refractivity contribution in [3.63, 3.8) is 0 Å². The van der Waals surface area contributed by atoms with Crippen molar-refractivity contribution in [1.29, 1.82) is 0 Å². The van der Waals surface area contributed by atoms with Gasteiger partial charge in [0.2, 0.25) is 0 Å². The van der Waals surface area contributed by atoms with Crippen molar-refractivity contribution in [3.8, 4) is 0 Å². The predicted molar refractivity (Wildman–Crippen MR) is 78.7 cm³/mol. The van der Waals surface area contributed by atoms with Crippen LogP contribution < -0.4 is 5.32 Å². The van der Waals surface area contributed by atoms with Crippen molar-refractivity contribution < 1.29 is 4.74 Å². The van der Waals surface area contributed by atoms with Crippen LogP contribution in [0.4, 0.5) is 0 Å². The Hall–Kier alpha value is -0.380. The van der Waals surface area contributed by atoms with Crippen molar-refractivity contribution in [2.75, 3.05) is 19.8 Å². The highest BCUT2D eigenvalue weighted by Crippen LogP contribution is 2.60. The SMILES string of the molecule is c1csc(C2(CNC3CC3)CC3(CCOCC3)C2)c1. The second-order valence-electron chi connectivity index (χ2n) is 6.88. The Morgan fingerprint density at radius 3 is 2.68 bits per heavy atom. The number of ether oxygens (including phenoxy) is 1. The highest BCUT2D eigenvalue weighted by atomic mass is 32.1.